The Kier molecular flexibility index (Phi) is 7.11. The van der Waals surface area contributed by atoms with E-state index in [-0.39, 0.29) is 29.7 Å². The molecule has 0 radical (unpaired) electrons. The van der Waals surface area contributed by atoms with Crippen molar-refractivity contribution in [1.29, 1.82) is 0 Å². The molecule has 2 aromatic rings. The van der Waals surface area contributed by atoms with Crippen LogP contribution in [0.5, 0.6) is 0 Å². The Morgan fingerprint density at radius 3 is 2.10 bits per heavy atom. The summed E-state index contributed by atoms with van der Waals surface area (Å²) >= 11 is 5.87. The second kappa shape index (κ2) is 9.76. The van der Waals surface area contributed by atoms with Crippen molar-refractivity contribution in [3.8, 4) is 0 Å². The molecular formula is C23H26ClN3O3. The van der Waals surface area contributed by atoms with Gasteiger partial charge in [-0.25, -0.2) is 0 Å². The molecule has 1 fully saturated rings. The lowest BCUT2D eigenvalue weighted by atomic mass is 9.97. The van der Waals surface area contributed by atoms with E-state index in [2.05, 4.69) is 16.0 Å². The van der Waals surface area contributed by atoms with Gasteiger partial charge in [0.2, 0.25) is 5.91 Å². The van der Waals surface area contributed by atoms with Crippen LogP contribution in [0.15, 0.2) is 48.5 Å². The second-order valence-electron chi connectivity index (χ2n) is 7.66. The zero-order chi connectivity index (χ0) is 21.7. The topological polar surface area (TPSA) is 87.3 Å². The standard InChI is InChI=1S/C23H26ClN3O3/c1-3-14(2)20(27-22(29)15-4-8-17(24)9-5-15)23(30)26-18-10-6-16(7-11-18)21(28)25-19-12-13-19/h4-11,14,19-20H,3,12-13H2,1-2H3,(H,25,28)(H,26,30)(H,27,29). The Morgan fingerprint density at radius 1 is 0.967 bits per heavy atom. The summed E-state index contributed by atoms with van der Waals surface area (Å²) in [4.78, 5) is 37.5. The number of halogens is 1. The van der Waals surface area contributed by atoms with E-state index in [9.17, 15) is 14.4 Å². The highest BCUT2D eigenvalue weighted by atomic mass is 35.5. The normalized spacial score (nSPS) is 15.0. The van der Waals surface area contributed by atoms with Crippen molar-refractivity contribution in [1.82, 2.24) is 10.6 Å². The van der Waals surface area contributed by atoms with Crippen molar-refractivity contribution in [3.63, 3.8) is 0 Å². The van der Waals surface area contributed by atoms with E-state index in [4.69, 9.17) is 11.6 Å². The van der Waals surface area contributed by atoms with Gasteiger partial charge in [0.05, 0.1) is 0 Å². The van der Waals surface area contributed by atoms with Crippen LogP contribution in [0.2, 0.25) is 5.02 Å². The van der Waals surface area contributed by atoms with Crippen LogP contribution in [0.1, 0.15) is 53.8 Å². The number of carbonyl (C=O) groups is 3. The lowest BCUT2D eigenvalue weighted by Gasteiger charge is -2.23. The predicted octanol–water partition coefficient (Wildman–Crippen LogP) is 4.02. The summed E-state index contributed by atoms with van der Waals surface area (Å²) < 4.78 is 0. The van der Waals surface area contributed by atoms with Crippen LogP contribution in [0.4, 0.5) is 5.69 Å². The lowest BCUT2D eigenvalue weighted by molar-refractivity contribution is -0.119. The highest BCUT2D eigenvalue weighted by Gasteiger charge is 2.27. The molecule has 7 heteroatoms. The largest absolute Gasteiger partial charge is 0.349 e. The Labute approximate surface area is 181 Å². The smallest absolute Gasteiger partial charge is 0.251 e. The van der Waals surface area contributed by atoms with Gasteiger partial charge in [-0.05, 0) is 67.3 Å². The van der Waals surface area contributed by atoms with E-state index in [1.54, 1.807) is 48.5 Å². The maximum Gasteiger partial charge on any atom is 0.251 e. The summed E-state index contributed by atoms with van der Waals surface area (Å²) in [5.74, 6) is -0.811. The second-order valence-corrected chi connectivity index (χ2v) is 8.09. The molecule has 1 aliphatic carbocycles. The van der Waals surface area contributed by atoms with Gasteiger partial charge in [-0.15, -0.1) is 0 Å². The Balaban J connectivity index is 1.65. The molecular weight excluding hydrogens is 402 g/mol. The molecule has 2 atom stereocenters. The first kappa shape index (κ1) is 21.8. The number of hydrogen-bond acceptors (Lipinski definition) is 3. The van der Waals surface area contributed by atoms with E-state index in [0.29, 0.717) is 21.8 Å². The monoisotopic (exact) mass is 427 g/mol. The fraction of sp³-hybridized carbons (Fsp3) is 0.348. The van der Waals surface area contributed by atoms with Gasteiger partial charge in [-0.3, -0.25) is 14.4 Å². The van der Waals surface area contributed by atoms with Crippen LogP contribution in [0, 0.1) is 5.92 Å². The summed E-state index contributed by atoms with van der Waals surface area (Å²) in [5, 5.41) is 9.13. The maximum atomic E-state index is 12.9. The number of amides is 3. The molecule has 6 nitrogen and oxygen atoms in total. The van der Waals surface area contributed by atoms with Gasteiger partial charge in [0, 0.05) is 27.9 Å². The van der Waals surface area contributed by atoms with Gasteiger partial charge in [0.25, 0.3) is 11.8 Å². The molecule has 0 aromatic heterocycles. The highest BCUT2D eigenvalue weighted by molar-refractivity contribution is 6.30. The molecule has 2 unspecified atom stereocenters. The Morgan fingerprint density at radius 2 is 1.53 bits per heavy atom. The summed E-state index contributed by atoms with van der Waals surface area (Å²) in [5.41, 5.74) is 1.55. The van der Waals surface area contributed by atoms with Gasteiger partial charge in [-0.1, -0.05) is 31.9 Å². The molecule has 0 bridgehead atoms. The van der Waals surface area contributed by atoms with Crippen molar-refractivity contribution in [3.05, 3.63) is 64.7 Å². The Bertz CT molecular complexity index is 908. The zero-order valence-corrected chi connectivity index (χ0v) is 17.8. The number of rotatable bonds is 8. The van der Waals surface area contributed by atoms with Crippen molar-refractivity contribution in [2.24, 2.45) is 5.92 Å². The molecule has 3 amide bonds. The zero-order valence-electron chi connectivity index (χ0n) is 17.1. The fourth-order valence-corrected chi connectivity index (χ4v) is 3.08. The summed E-state index contributed by atoms with van der Waals surface area (Å²) in [6.07, 6.45) is 2.77. The third-order valence-electron chi connectivity index (χ3n) is 5.22. The fourth-order valence-electron chi connectivity index (χ4n) is 2.95. The van der Waals surface area contributed by atoms with Crippen molar-refractivity contribution < 1.29 is 14.4 Å². The molecule has 158 valence electrons. The molecule has 30 heavy (non-hydrogen) atoms. The number of carbonyl (C=O) groups excluding carboxylic acids is 3. The van der Waals surface area contributed by atoms with Crippen molar-refractivity contribution in [2.45, 2.75) is 45.2 Å². The van der Waals surface area contributed by atoms with E-state index >= 15 is 0 Å². The minimum atomic E-state index is -0.698. The van der Waals surface area contributed by atoms with Gasteiger partial charge in [-0.2, -0.15) is 0 Å². The summed E-state index contributed by atoms with van der Waals surface area (Å²) in [6, 6.07) is 12.8. The molecule has 0 aliphatic heterocycles. The van der Waals surface area contributed by atoms with Crippen LogP contribution in [0.3, 0.4) is 0 Å². The van der Waals surface area contributed by atoms with Crippen LogP contribution in [-0.4, -0.2) is 29.8 Å². The average molecular weight is 428 g/mol. The van der Waals surface area contributed by atoms with Crippen LogP contribution < -0.4 is 16.0 Å². The molecule has 0 heterocycles. The van der Waals surface area contributed by atoms with Gasteiger partial charge in [0.1, 0.15) is 6.04 Å². The first-order valence-corrected chi connectivity index (χ1v) is 10.5. The Hall–Kier alpha value is -2.86. The first-order chi connectivity index (χ1) is 14.4. The third-order valence-corrected chi connectivity index (χ3v) is 5.47. The van der Waals surface area contributed by atoms with E-state index in [0.717, 1.165) is 19.3 Å². The SMILES string of the molecule is CCC(C)C(NC(=O)c1ccc(Cl)cc1)C(=O)Nc1ccc(C(=O)NC2CC2)cc1. The van der Waals surface area contributed by atoms with Crippen LogP contribution in [0.25, 0.3) is 0 Å². The lowest BCUT2D eigenvalue weighted by Crippen LogP contribution is -2.47. The van der Waals surface area contributed by atoms with Crippen molar-refractivity contribution >= 4 is 35.0 Å². The third kappa shape index (κ3) is 5.83. The predicted molar refractivity (Wildman–Crippen MR) is 118 cm³/mol. The highest BCUT2D eigenvalue weighted by Crippen LogP contribution is 2.20. The van der Waals surface area contributed by atoms with Gasteiger partial charge < -0.3 is 16.0 Å². The van der Waals surface area contributed by atoms with E-state index < -0.39 is 6.04 Å². The number of anilines is 1. The minimum Gasteiger partial charge on any atom is -0.349 e. The quantitative estimate of drug-likeness (QED) is 0.594. The van der Waals surface area contributed by atoms with Crippen LogP contribution in [-0.2, 0) is 4.79 Å². The van der Waals surface area contributed by atoms with Gasteiger partial charge >= 0.3 is 0 Å². The van der Waals surface area contributed by atoms with Gasteiger partial charge in [0.15, 0.2) is 0 Å². The van der Waals surface area contributed by atoms with E-state index in [1.165, 1.54) is 0 Å². The van der Waals surface area contributed by atoms with Crippen molar-refractivity contribution in [2.75, 3.05) is 5.32 Å². The first-order valence-electron chi connectivity index (χ1n) is 10.2. The number of hydrogen-bond donors (Lipinski definition) is 3. The number of benzene rings is 2. The molecule has 1 saturated carbocycles. The summed E-state index contributed by atoms with van der Waals surface area (Å²) in [7, 11) is 0. The molecule has 3 N–H and O–H groups in total. The molecule has 2 aromatic carbocycles. The molecule has 0 spiro atoms. The summed E-state index contributed by atoms with van der Waals surface area (Å²) in [6.45, 7) is 3.88. The molecule has 3 rings (SSSR count). The maximum absolute atomic E-state index is 12.9. The minimum absolute atomic E-state index is 0.0650. The average Bonchev–Trinajstić information content (AvgIpc) is 3.56. The molecule has 1 aliphatic rings. The van der Waals surface area contributed by atoms with E-state index in [1.807, 2.05) is 13.8 Å². The molecule has 0 saturated heterocycles. The van der Waals surface area contributed by atoms with Crippen LogP contribution >= 0.6 is 11.6 Å². The number of nitrogens with one attached hydrogen (secondary N) is 3.